The fourth-order valence-electron chi connectivity index (χ4n) is 4.25. The van der Waals surface area contributed by atoms with Crippen LogP contribution in [0.3, 0.4) is 0 Å². The molecule has 3 aliphatic rings. The number of rotatable bonds is 3. The molecule has 0 aliphatic carbocycles. The topological polar surface area (TPSA) is 49.6 Å². The van der Waals surface area contributed by atoms with Crippen molar-refractivity contribution in [1.82, 2.24) is 19.6 Å². The molecule has 26 heavy (non-hydrogen) atoms. The SMILES string of the molecule is O=C(NC1CN2CCC1CC2)c1ccc2nc(-c3ccccc3)cn2c1. The predicted molar refractivity (Wildman–Crippen MR) is 101 cm³/mol. The molecule has 5 heteroatoms. The van der Waals surface area contributed by atoms with E-state index in [2.05, 4.69) is 15.2 Å². The molecule has 6 rings (SSSR count). The molecule has 3 aromatic rings. The molecule has 1 aromatic carbocycles. The zero-order valence-electron chi connectivity index (χ0n) is 14.6. The number of fused-ring (bicyclic) bond motifs is 4. The maximum atomic E-state index is 12.7. The van der Waals surface area contributed by atoms with Crippen LogP contribution in [0.1, 0.15) is 23.2 Å². The molecule has 3 fully saturated rings. The normalized spacial score (nSPS) is 24.7. The molecule has 3 aliphatic heterocycles. The fourth-order valence-corrected chi connectivity index (χ4v) is 4.25. The Bertz CT molecular complexity index is 941. The summed E-state index contributed by atoms with van der Waals surface area (Å²) >= 11 is 0. The first-order valence-electron chi connectivity index (χ1n) is 9.34. The van der Waals surface area contributed by atoms with E-state index in [4.69, 9.17) is 0 Å². The van der Waals surface area contributed by atoms with Crippen LogP contribution < -0.4 is 5.32 Å². The highest BCUT2D eigenvalue weighted by Crippen LogP contribution is 2.27. The third-order valence-electron chi connectivity index (χ3n) is 5.76. The Labute approximate surface area is 152 Å². The number of hydrogen-bond donors (Lipinski definition) is 1. The predicted octanol–water partition coefficient (Wildman–Crippen LogP) is 2.83. The molecule has 1 atom stereocenters. The molecule has 0 spiro atoms. The van der Waals surface area contributed by atoms with Crippen molar-refractivity contribution in [3.05, 3.63) is 60.4 Å². The van der Waals surface area contributed by atoms with E-state index in [1.54, 1.807) is 0 Å². The van der Waals surface area contributed by atoms with Crippen LogP contribution in [-0.4, -0.2) is 45.9 Å². The summed E-state index contributed by atoms with van der Waals surface area (Å²) in [5.41, 5.74) is 3.53. The lowest BCUT2D eigenvalue weighted by molar-refractivity contribution is 0.0620. The summed E-state index contributed by atoms with van der Waals surface area (Å²) in [6.45, 7) is 3.35. The molecule has 1 unspecified atom stereocenters. The number of benzene rings is 1. The molecule has 2 aromatic heterocycles. The van der Waals surface area contributed by atoms with E-state index in [1.165, 1.54) is 25.9 Å². The summed E-state index contributed by atoms with van der Waals surface area (Å²) in [4.78, 5) is 19.9. The zero-order valence-corrected chi connectivity index (χ0v) is 14.6. The second-order valence-electron chi connectivity index (χ2n) is 7.39. The van der Waals surface area contributed by atoms with Crippen LogP contribution in [-0.2, 0) is 0 Å². The minimum Gasteiger partial charge on any atom is -0.348 e. The van der Waals surface area contributed by atoms with Crippen molar-refractivity contribution >= 4 is 11.6 Å². The first kappa shape index (κ1) is 15.6. The number of nitrogens with zero attached hydrogens (tertiary/aromatic N) is 3. The van der Waals surface area contributed by atoms with Gasteiger partial charge < -0.3 is 14.6 Å². The van der Waals surface area contributed by atoms with Gasteiger partial charge in [-0.25, -0.2) is 4.98 Å². The lowest BCUT2D eigenvalue weighted by atomic mass is 9.84. The van der Waals surface area contributed by atoms with Crippen molar-refractivity contribution in [1.29, 1.82) is 0 Å². The van der Waals surface area contributed by atoms with Crippen molar-refractivity contribution in [3.63, 3.8) is 0 Å². The summed E-state index contributed by atoms with van der Waals surface area (Å²) in [5.74, 6) is 0.645. The first-order valence-corrected chi connectivity index (χ1v) is 9.34. The highest BCUT2D eigenvalue weighted by molar-refractivity contribution is 5.94. The van der Waals surface area contributed by atoms with Crippen molar-refractivity contribution in [2.24, 2.45) is 5.92 Å². The number of amides is 1. The molecule has 1 amide bonds. The number of hydrogen-bond acceptors (Lipinski definition) is 3. The lowest BCUT2D eigenvalue weighted by Gasteiger charge is -2.44. The van der Waals surface area contributed by atoms with E-state index in [0.29, 0.717) is 11.5 Å². The third kappa shape index (κ3) is 2.78. The van der Waals surface area contributed by atoms with Gasteiger partial charge in [0.15, 0.2) is 0 Å². The van der Waals surface area contributed by atoms with E-state index >= 15 is 0 Å². The molecule has 0 radical (unpaired) electrons. The molecule has 3 saturated heterocycles. The van der Waals surface area contributed by atoms with Crippen LogP contribution in [0, 0.1) is 5.92 Å². The van der Waals surface area contributed by atoms with Crippen molar-refractivity contribution in [2.75, 3.05) is 19.6 Å². The Morgan fingerprint density at radius 1 is 1.04 bits per heavy atom. The van der Waals surface area contributed by atoms with Crippen LogP contribution in [0.4, 0.5) is 0 Å². The number of imidazole rings is 1. The molecule has 2 bridgehead atoms. The van der Waals surface area contributed by atoms with Gasteiger partial charge in [-0.3, -0.25) is 4.79 Å². The molecular weight excluding hydrogens is 324 g/mol. The molecular formula is C21H22N4O. The standard InChI is InChI=1S/C21H22N4O/c26-21(23-18-13-24-10-8-16(18)9-11-24)17-6-7-20-22-19(14-25(20)12-17)15-4-2-1-3-5-15/h1-7,12,14,16,18H,8-11,13H2,(H,23,26). The minimum absolute atomic E-state index is 0.0145. The highest BCUT2D eigenvalue weighted by Gasteiger charge is 2.34. The van der Waals surface area contributed by atoms with Gasteiger partial charge in [-0.05, 0) is 44.0 Å². The van der Waals surface area contributed by atoms with Crippen molar-refractivity contribution in [2.45, 2.75) is 18.9 Å². The van der Waals surface area contributed by atoms with Crippen LogP contribution in [0.2, 0.25) is 0 Å². The van der Waals surface area contributed by atoms with Gasteiger partial charge in [-0.2, -0.15) is 0 Å². The second kappa shape index (κ2) is 6.25. The lowest BCUT2D eigenvalue weighted by Crippen LogP contribution is -2.57. The number of carbonyl (C=O) groups is 1. The molecule has 0 saturated carbocycles. The van der Waals surface area contributed by atoms with Crippen molar-refractivity contribution < 1.29 is 4.79 Å². The zero-order chi connectivity index (χ0) is 17.5. The highest BCUT2D eigenvalue weighted by atomic mass is 16.1. The fraction of sp³-hybridized carbons (Fsp3) is 0.333. The number of piperidine rings is 3. The maximum Gasteiger partial charge on any atom is 0.253 e. The second-order valence-corrected chi connectivity index (χ2v) is 7.39. The summed E-state index contributed by atoms with van der Waals surface area (Å²) in [6.07, 6.45) is 6.26. The molecule has 132 valence electrons. The molecule has 5 heterocycles. The van der Waals surface area contributed by atoms with Gasteiger partial charge in [0.25, 0.3) is 5.91 Å². The van der Waals surface area contributed by atoms with Crippen LogP contribution in [0.15, 0.2) is 54.9 Å². The van der Waals surface area contributed by atoms with E-state index in [9.17, 15) is 4.79 Å². The summed E-state index contributed by atoms with van der Waals surface area (Å²) in [7, 11) is 0. The van der Waals surface area contributed by atoms with Gasteiger partial charge in [0.05, 0.1) is 11.3 Å². The largest absolute Gasteiger partial charge is 0.348 e. The van der Waals surface area contributed by atoms with Crippen LogP contribution >= 0.6 is 0 Å². The van der Waals surface area contributed by atoms with Gasteiger partial charge >= 0.3 is 0 Å². The number of carbonyl (C=O) groups excluding carboxylic acids is 1. The maximum absolute atomic E-state index is 12.7. The van der Waals surface area contributed by atoms with E-state index in [-0.39, 0.29) is 11.9 Å². The van der Waals surface area contributed by atoms with Gasteiger partial charge in [0.1, 0.15) is 5.65 Å². The summed E-state index contributed by atoms with van der Waals surface area (Å²) in [6, 6.07) is 14.2. The number of pyridine rings is 1. The molecule has 1 N–H and O–H groups in total. The average molecular weight is 346 g/mol. The van der Waals surface area contributed by atoms with Gasteiger partial charge in [-0.15, -0.1) is 0 Å². The minimum atomic E-state index is 0.0145. The number of aromatic nitrogens is 2. The summed E-state index contributed by atoms with van der Waals surface area (Å²) < 4.78 is 1.94. The van der Waals surface area contributed by atoms with Gasteiger partial charge in [0.2, 0.25) is 0 Å². The summed E-state index contributed by atoms with van der Waals surface area (Å²) in [5, 5.41) is 3.26. The Kier molecular flexibility index (Phi) is 3.75. The first-order chi connectivity index (χ1) is 12.8. The molecule has 5 nitrogen and oxygen atoms in total. The Morgan fingerprint density at radius 2 is 1.85 bits per heavy atom. The number of nitrogens with one attached hydrogen (secondary N) is 1. The Hall–Kier alpha value is -2.66. The Balaban J connectivity index is 1.38. The monoisotopic (exact) mass is 346 g/mol. The van der Waals surface area contributed by atoms with E-state index in [1.807, 2.05) is 59.3 Å². The third-order valence-corrected chi connectivity index (χ3v) is 5.76. The Morgan fingerprint density at radius 3 is 2.58 bits per heavy atom. The average Bonchev–Trinajstić information content (AvgIpc) is 3.13. The van der Waals surface area contributed by atoms with Gasteiger partial charge in [-0.1, -0.05) is 30.3 Å². The van der Waals surface area contributed by atoms with Gasteiger partial charge in [0, 0.05) is 30.5 Å². The van der Waals surface area contributed by atoms with E-state index in [0.717, 1.165) is 23.4 Å². The van der Waals surface area contributed by atoms with Crippen LogP contribution in [0.25, 0.3) is 16.9 Å². The smallest absolute Gasteiger partial charge is 0.253 e. The van der Waals surface area contributed by atoms with Crippen molar-refractivity contribution in [3.8, 4) is 11.3 Å². The van der Waals surface area contributed by atoms with Crippen LogP contribution in [0.5, 0.6) is 0 Å². The quantitative estimate of drug-likeness (QED) is 0.793. The van der Waals surface area contributed by atoms with E-state index < -0.39 is 0 Å².